The number of ether oxygens (including phenoxy) is 1. The van der Waals surface area contributed by atoms with Crippen molar-refractivity contribution in [3.63, 3.8) is 0 Å². The zero-order chi connectivity index (χ0) is 15.2. The SMILES string of the molecule is C[C@H](N)[C@H]1CCCN(C(=O)CCOc2ccc(F)cc2)C1. The largest absolute Gasteiger partial charge is 0.493 e. The number of hydrogen-bond donors (Lipinski definition) is 1. The molecule has 1 heterocycles. The van der Waals surface area contributed by atoms with E-state index < -0.39 is 0 Å². The van der Waals surface area contributed by atoms with Gasteiger partial charge in [0.15, 0.2) is 0 Å². The number of amides is 1. The lowest BCUT2D eigenvalue weighted by Gasteiger charge is -2.34. The van der Waals surface area contributed by atoms with Gasteiger partial charge in [0.2, 0.25) is 5.91 Å². The fraction of sp³-hybridized carbons (Fsp3) is 0.562. The average molecular weight is 294 g/mol. The van der Waals surface area contributed by atoms with Gasteiger partial charge < -0.3 is 15.4 Å². The quantitative estimate of drug-likeness (QED) is 0.905. The molecule has 1 aliphatic rings. The molecule has 0 saturated carbocycles. The fourth-order valence-electron chi connectivity index (χ4n) is 2.61. The van der Waals surface area contributed by atoms with Crippen molar-refractivity contribution in [1.29, 1.82) is 0 Å². The Morgan fingerprint density at radius 1 is 1.48 bits per heavy atom. The van der Waals surface area contributed by atoms with Gasteiger partial charge in [0.25, 0.3) is 0 Å². The third-order valence-corrected chi connectivity index (χ3v) is 3.95. The van der Waals surface area contributed by atoms with Crippen LogP contribution in [0.1, 0.15) is 26.2 Å². The van der Waals surface area contributed by atoms with Gasteiger partial charge in [-0.2, -0.15) is 0 Å². The van der Waals surface area contributed by atoms with Crippen molar-refractivity contribution in [1.82, 2.24) is 4.90 Å². The Balaban J connectivity index is 1.75. The van der Waals surface area contributed by atoms with E-state index >= 15 is 0 Å². The number of likely N-dealkylation sites (tertiary alicyclic amines) is 1. The maximum atomic E-state index is 12.8. The Labute approximate surface area is 125 Å². The van der Waals surface area contributed by atoms with E-state index in [9.17, 15) is 9.18 Å². The van der Waals surface area contributed by atoms with E-state index in [1.807, 2.05) is 11.8 Å². The van der Waals surface area contributed by atoms with Crippen LogP contribution in [0.4, 0.5) is 4.39 Å². The molecule has 0 unspecified atom stereocenters. The molecule has 1 amide bonds. The van der Waals surface area contributed by atoms with Crippen LogP contribution >= 0.6 is 0 Å². The fourth-order valence-corrected chi connectivity index (χ4v) is 2.61. The van der Waals surface area contributed by atoms with E-state index in [-0.39, 0.29) is 17.8 Å². The maximum Gasteiger partial charge on any atom is 0.226 e. The highest BCUT2D eigenvalue weighted by Crippen LogP contribution is 2.19. The summed E-state index contributed by atoms with van der Waals surface area (Å²) in [5.41, 5.74) is 5.92. The molecule has 21 heavy (non-hydrogen) atoms. The first kappa shape index (κ1) is 15.8. The molecule has 2 N–H and O–H groups in total. The second-order valence-corrected chi connectivity index (χ2v) is 5.65. The topological polar surface area (TPSA) is 55.6 Å². The summed E-state index contributed by atoms with van der Waals surface area (Å²) in [6.45, 7) is 3.85. The number of rotatable bonds is 5. The highest BCUT2D eigenvalue weighted by molar-refractivity contribution is 5.76. The van der Waals surface area contributed by atoms with Crippen LogP contribution in [0.2, 0.25) is 0 Å². The first-order valence-electron chi connectivity index (χ1n) is 7.48. The van der Waals surface area contributed by atoms with Gasteiger partial charge >= 0.3 is 0 Å². The van der Waals surface area contributed by atoms with Gasteiger partial charge in [-0.1, -0.05) is 0 Å². The normalized spacial score (nSPS) is 20.1. The molecule has 116 valence electrons. The summed E-state index contributed by atoms with van der Waals surface area (Å²) in [5.74, 6) is 0.771. The van der Waals surface area contributed by atoms with Crippen molar-refractivity contribution in [3.8, 4) is 5.75 Å². The molecule has 0 spiro atoms. The maximum absolute atomic E-state index is 12.8. The zero-order valence-corrected chi connectivity index (χ0v) is 12.4. The summed E-state index contributed by atoms with van der Waals surface area (Å²) in [6.07, 6.45) is 2.44. The summed E-state index contributed by atoms with van der Waals surface area (Å²) in [7, 11) is 0. The van der Waals surface area contributed by atoms with Gasteiger partial charge in [-0.25, -0.2) is 4.39 Å². The monoisotopic (exact) mass is 294 g/mol. The van der Waals surface area contributed by atoms with Crippen molar-refractivity contribution < 1.29 is 13.9 Å². The molecule has 1 saturated heterocycles. The summed E-state index contributed by atoms with van der Waals surface area (Å²) in [6, 6.07) is 5.93. The van der Waals surface area contributed by atoms with Crippen LogP contribution in [0.3, 0.4) is 0 Å². The smallest absolute Gasteiger partial charge is 0.226 e. The average Bonchev–Trinajstić information content (AvgIpc) is 2.49. The van der Waals surface area contributed by atoms with Crippen LogP contribution in [0.5, 0.6) is 5.75 Å². The minimum atomic E-state index is -0.298. The highest BCUT2D eigenvalue weighted by atomic mass is 19.1. The number of hydrogen-bond acceptors (Lipinski definition) is 3. The van der Waals surface area contributed by atoms with Crippen molar-refractivity contribution in [2.24, 2.45) is 11.7 Å². The van der Waals surface area contributed by atoms with Gasteiger partial charge in [0.05, 0.1) is 13.0 Å². The summed E-state index contributed by atoms with van der Waals surface area (Å²) >= 11 is 0. The molecule has 1 aromatic rings. The van der Waals surface area contributed by atoms with E-state index in [1.54, 1.807) is 12.1 Å². The molecular formula is C16H23FN2O2. The van der Waals surface area contributed by atoms with E-state index in [2.05, 4.69) is 0 Å². The Morgan fingerprint density at radius 2 is 2.19 bits per heavy atom. The standard InChI is InChI=1S/C16H23FN2O2/c1-12(18)13-3-2-9-19(11-13)16(20)8-10-21-15-6-4-14(17)5-7-15/h4-7,12-13H,2-3,8-11,18H2,1H3/t12-,13-/m0/s1. The Bertz CT molecular complexity index is 462. The zero-order valence-electron chi connectivity index (χ0n) is 12.4. The molecule has 5 heteroatoms. The molecule has 0 aromatic heterocycles. The minimum absolute atomic E-state index is 0.0995. The van der Waals surface area contributed by atoms with E-state index in [0.717, 1.165) is 25.9 Å². The number of piperidine rings is 1. The second-order valence-electron chi connectivity index (χ2n) is 5.65. The number of benzene rings is 1. The van der Waals surface area contributed by atoms with Crippen LogP contribution < -0.4 is 10.5 Å². The van der Waals surface area contributed by atoms with Crippen LogP contribution in [0.15, 0.2) is 24.3 Å². The molecule has 2 rings (SSSR count). The minimum Gasteiger partial charge on any atom is -0.493 e. The molecule has 1 fully saturated rings. The molecule has 0 aliphatic carbocycles. The Kier molecular flexibility index (Phi) is 5.56. The summed E-state index contributed by atoms with van der Waals surface area (Å²) in [4.78, 5) is 14.0. The van der Waals surface area contributed by atoms with Crippen LogP contribution in [-0.2, 0) is 4.79 Å². The first-order valence-corrected chi connectivity index (χ1v) is 7.48. The lowest BCUT2D eigenvalue weighted by atomic mass is 9.92. The number of nitrogens with two attached hydrogens (primary N) is 1. The number of nitrogens with zero attached hydrogens (tertiary/aromatic N) is 1. The van der Waals surface area contributed by atoms with Gasteiger partial charge in [0.1, 0.15) is 11.6 Å². The summed E-state index contributed by atoms with van der Waals surface area (Å²) in [5, 5.41) is 0. The predicted octanol–water partition coefficient (Wildman–Crippen LogP) is 2.18. The first-order chi connectivity index (χ1) is 10.1. The molecule has 0 bridgehead atoms. The number of halogens is 1. The van der Waals surface area contributed by atoms with Gasteiger partial charge in [-0.15, -0.1) is 0 Å². The lowest BCUT2D eigenvalue weighted by Crippen LogP contribution is -2.45. The van der Waals surface area contributed by atoms with Crippen LogP contribution in [-0.4, -0.2) is 36.5 Å². The second kappa shape index (κ2) is 7.41. The Hall–Kier alpha value is -1.62. The third-order valence-electron chi connectivity index (χ3n) is 3.95. The van der Waals surface area contributed by atoms with E-state index in [4.69, 9.17) is 10.5 Å². The van der Waals surface area contributed by atoms with Crippen molar-refractivity contribution in [2.45, 2.75) is 32.2 Å². The van der Waals surface area contributed by atoms with E-state index in [1.165, 1.54) is 12.1 Å². The van der Waals surface area contributed by atoms with Crippen LogP contribution in [0, 0.1) is 11.7 Å². The number of carbonyl (C=O) groups excluding carboxylic acids is 1. The highest BCUT2D eigenvalue weighted by Gasteiger charge is 2.25. The molecule has 4 nitrogen and oxygen atoms in total. The van der Waals surface area contributed by atoms with Crippen LogP contribution in [0.25, 0.3) is 0 Å². The van der Waals surface area contributed by atoms with Gasteiger partial charge in [0, 0.05) is 19.1 Å². The molecule has 1 aromatic carbocycles. The van der Waals surface area contributed by atoms with Gasteiger partial charge in [-0.3, -0.25) is 4.79 Å². The number of carbonyl (C=O) groups is 1. The summed E-state index contributed by atoms with van der Waals surface area (Å²) < 4.78 is 18.2. The van der Waals surface area contributed by atoms with Crippen molar-refractivity contribution >= 4 is 5.91 Å². The Morgan fingerprint density at radius 3 is 2.86 bits per heavy atom. The predicted molar refractivity (Wildman–Crippen MR) is 79.5 cm³/mol. The molecule has 1 aliphatic heterocycles. The molecular weight excluding hydrogens is 271 g/mol. The molecule has 0 radical (unpaired) electrons. The third kappa shape index (κ3) is 4.70. The lowest BCUT2D eigenvalue weighted by molar-refractivity contribution is -0.133. The van der Waals surface area contributed by atoms with Crippen molar-refractivity contribution in [3.05, 3.63) is 30.1 Å². The van der Waals surface area contributed by atoms with Gasteiger partial charge in [-0.05, 0) is 49.9 Å². The van der Waals surface area contributed by atoms with E-state index in [0.29, 0.717) is 24.7 Å². The molecule has 2 atom stereocenters. The van der Waals surface area contributed by atoms with Crippen molar-refractivity contribution in [2.75, 3.05) is 19.7 Å².